The van der Waals surface area contributed by atoms with E-state index in [1.165, 1.54) is 33.3 Å². The first kappa shape index (κ1) is 20.2. The number of fused-ring (bicyclic) bond motifs is 1. The lowest BCUT2D eigenvalue weighted by Crippen LogP contribution is -2.38. The maximum Gasteiger partial charge on any atom is 0.0646 e. The zero-order chi connectivity index (χ0) is 21.4. The van der Waals surface area contributed by atoms with E-state index in [-0.39, 0.29) is 11.0 Å². The number of hydrogen-bond acceptors (Lipinski definition) is 1. The molecule has 0 atom stereocenters. The Kier molecular flexibility index (Phi) is 5.15. The molecule has 0 heterocycles. The second-order valence-electron chi connectivity index (χ2n) is 9.56. The van der Waals surface area contributed by atoms with Crippen LogP contribution in [0.15, 0.2) is 97.1 Å². The first-order valence-corrected chi connectivity index (χ1v) is 10.7. The van der Waals surface area contributed by atoms with Crippen molar-refractivity contribution in [2.75, 3.05) is 4.90 Å². The van der Waals surface area contributed by atoms with Crippen molar-refractivity contribution in [3.05, 3.63) is 108 Å². The van der Waals surface area contributed by atoms with Crippen molar-refractivity contribution in [2.45, 2.75) is 45.6 Å². The van der Waals surface area contributed by atoms with Crippen LogP contribution in [0.5, 0.6) is 0 Å². The predicted octanol–water partition coefficient (Wildman–Crippen LogP) is 8.21. The molecule has 0 aliphatic carbocycles. The van der Waals surface area contributed by atoms with Crippen molar-refractivity contribution in [3.63, 3.8) is 0 Å². The molecule has 4 aromatic carbocycles. The maximum atomic E-state index is 2.47. The fraction of sp³-hybridized carbons (Fsp3) is 0.241. The van der Waals surface area contributed by atoms with Gasteiger partial charge in [0.05, 0.1) is 5.54 Å². The Morgan fingerprint density at radius 1 is 0.533 bits per heavy atom. The highest BCUT2D eigenvalue weighted by molar-refractivity contribution is 5.96. The van der Waals surface area contributed by atoms with Gasteiger partial charge in [-0.15, -0.1) is 0 Å². The molecule has 0 spiro atoms. The summed E-state index contributed by atoms with van der Waals surface area (Å²) >= 11 is 0. The van der Waals surface area contributed by atoms with Gasteiger partial charge in [0.15, 0.2) is 0 Å². The van der Waals surface area contributed by atoms with E-state index in [2.05, 4.69) is 137 Å². The normalized spacial score (nSPS) is 12.2. The zero-order valence-corrected chi connectivity index (χ0v) is 18.7. The van der Waals surface area contributed by atoms with E-state index in [0.717, 1.165) is 0 Å². The van der Waals surface area contributed by atoms with Gasteiger partial charge in [-0.3, -0.25) is 0 Å². The lowest BCUT2D eigenvalue weighted by molar-refractivity contribution is 0.534. The van der Waals surface area contributed by atoms with Crippen LogP contribution in [0.1, 0.15) is 45.7 Å². The van der Waals surface area contributed by atoms with Gasteiger partial charge in [-0.1, -0.05) is 99.6 Å². The van der Waals surface area contributed by atoms with Crippen molar-refractivity contribution >= 4 is 22.1 Å². The molecule has 0 unspecified atom stereocenters. The Balaban J connectivity index is 1.90. The van der Waals surface area contributed by atoms with E-state index >= 15 is 0 Å². The highest BCUT2D eigenvalue weighted by Crippen LogP contribution is 2.42. The third kappa shape index (κ3) is 3.73. The molecule has 152 valence electrons. The fourth-order valence-corrected chi connectivity index (χ4v) is 4.25. The number of anilines is 2. The zero-order valence-electron chi connectivity index (χ0n) is 18.7. The van der Waals surface area contributed by atoms with Gasteiger partial charge in [0.1, 0.15) is 0 Å². The molecule has 4 rings (SSSR count). The Morgan fingerprint density at radius 2 is 1.10 bits per heavy atom. The number of nitrogens with zero attached hydrogens (tertiary/aromatic N) is 1. The first-order valence-electron chi connectivity index (χ1n) is 10.7. The third-order valence-electron chi connectivity index (χ3n) is 6.04. The van der Waals surface area contributed by atoms with Crippen LogP contribution < -0.4 is 4.90 Å². The quantitative estimate of drug-likeness (QED) is 0.337. The molecule has 0 N–H and O–H groups in total. The van der Waals surface area contributed by atoms with Crippen LogP contribution in [0.3, 0.4) is 0 Å². The summed E-state index contributed by atoms with van der Waals surface area (Å²) in [5.74, 6) is 0. The second kappa shape index (κ2) is 7.65. The third-order valence-corrected chi connectivity index (χ3v) is 6.04. The maximum absolute atomic E-state index is 2.47. The highest BCUT2D eigenvalue weighted by atomic mass is 15.2. The molecule has 0 fully saturated rings. The minimum Gasteiger partial charge on any atom is -0.331 e. The molecule has 1 nitrogen and oxygen atoms in total. The molecule has 0 radical (unpaired) electrons. The van der Waals surface area contributed by atoms with Crippen LogP contribution in [-0.4, -0.2) is 0 Å². The Hall–Kier alpha value is -3.06. The molecule has 0 saturated heterocycles. The van der Waals surface area contributed by atoms with E-state index in [1.54, 1.807) is 0 Å². The van der Waals surface area contributed by atoms with E-state index in [1.807, 2.05) is 0 Å². The average molecular weight is 394 g/mol. The van der Waals surface area contributed by atoms with Gasteiger partial charge < -0.3 is 4.90 Å². The smallest absolute Gasteiger partial charge is 0.0646 e. The summed E-state index contributed by atoms with van der Waals surface area (Å²) in [5.41, 5.74) is 4.99. The summed E-state index contributed by atoms with van der Waals surface area (Å²) < 4.78 is 0. The summed E-state index contributed by atoms with van der Waals surface area (Å²) in [4.78, 5) is 2.47. The van der Waals surface area contributed by atoms with E-state index < -0.39 is 0 Å². The summed E-state index contributed by atoms with van der Waals surface area (Å²) in [5, 5.41) is 2.53. The Labute approximate surface area is 181 Å². The summed E-state index contributed by atoms with van der Waals surface area (Å²) in [6.45, 7) is 11.4. The number of benzene rings is 4. The summed E-state index contributed by atoms with van der Waals surface area (Å²) in [6, 6.07) is 35.1. The van der Waals surface area contributed by atoms with Crippen LogP contribution >= 0.6 is 0 Å². The molecule has 0 amide bonds. The van der Waals surface area contributed by atoms with E-state index in [9.17, 15) is 0 Å². The average Bonchev–Trinajstić information content (AvgIpc) is 2.74. The molecule has 4 aromatic rings. The lowest BCUT2D eigenvalue weighted by Gasteiger charge is -2.42. The SMILES string of the molecule is CC(C)(C)c1ccc(C(C)(C)N(c2ccccc2)c2cccc3ccccc23)cc1. The molecule has 0 aromatic heterocycles. The van der Waals surface area contributed by atoms with Crippen LogP contribution in [-0.2, 0) is 11.0 Å². The van der Waals surface area contributed by atoms with Crippen molar-refractivity contribution in [3.8, 4) is 0 Å². The number of para-hydroxylation sites is 1. The molecule has 0 bridgehead atoms. The molecule has 30 heavy (non-hydrogen) atoms. The van der Waals surface area contributed by atoms with Gasteiger partial charge in [-0.2, -0.15) is 0 Å². The minimum absolute atomic E-state index is 0.150. The standard InChI is InChI=1S/C29H31N/c1-28(2,3)23-18-20-24(21-19-23)29(4,5)30(25-14-7-6-8-15-25)27-17-11-13-22-12-9-10-16-26(22)27/h6-21H,1-5H3. The molecular weight excluding hydrogens is 362 g/mol. The van der Waals surface area contributed by atoms with Crippen LogP contribution in [0.4, 0.5) is 11.4 Å². The second-order valence-corrected chi connectivity index (χ2v) is 9.56. The highest BCUT2D eigenvalue weighted by Gasteiger charge is 2.31. The van der Waals surface area contributed by atoms with Crippen molar-refractivity contribution in [2.24, 2.45) is 0 Å². The van der Waals surface area contributed by atoms with Gasteiger partial charge in [0.2, 0.25) is 0 Å². The monoisotopic (exact) mass is 393 g/mol. The number of rotatable bonds is 4. The Morgan fingerprint density at radius 3 is 1.77 bits per heavy atom. The van der Waals surface area contributed by atoms with Gasteiger partial charge >= 0.3 is 0 Å². The van der Waals surface area contributed by atoms with E-state index in [0.29, 0.717) is 0 Å². The Bertz CT molecular complexity index is 1130. The van der Waals surface area contributed by atoms with Crippen molar-refractivity contribution in [1.29, 1.82) is 0 Å². The molecule has 1 heteroatoms. The van der Waals surface area contributed by atoms with E-state index in [4.69, 9.17) is 0 Å². The van der Waals surface area contributed by atoms with Crippen LogP contribution in [0.2, 0.25) is 0 Å². The van der Waals surface area contributed by atoms with Gasteiger partial charge in [-0.05, 0) is 54.0 Å². The fourth-order valence-electron chi connectivity index (χ4n) is 4.25. The molecule has 0 saturated carbocycles. The summed E-state index contributed by atoms with van der Waals surface area (Å²) in [7, 11) is 0. The van der Waals surface area contributed by atoms with Crippen molar-refractivity contribution in [1.82, 2.24) is 0 Å². The van der Waals surface area contributed by atoms with Gasteiger partial charge in [0, 0.05) is 16.8 Å². The molecular formula is C29H31N. The largest absolute Gasteiger partial charge is 0.331 e. The number of hydrogen-bond donors (Lipinski definition) is 0. The molecule has 0 aliphatic heterocycles. The van der Waals surface area contributed by atoms with Crippen LogP contribution in [0.25, 0.3) is 10.8 Å². The van der Waals surface area contributed by atoms with Crippen LogP contribution in [0, 0.1) is 0 Å². The molecule has 0 aliphatic rings. The summed E-state index contributed by atoms with van der Waals surface area (Å²) in [6.07, 6.45) is 0. The minimum atomic E-state index is -0.234. The van der Waals surface area contributed by atoms with Crippen molar-refractivity contribution < 1.29 is 0 Å². The first-order chi connectivity index (χ1) is 14.3. The van der Waals surface area contributed by atoms with Gasteiger partial charge in [0.25, 0.3) is 0 Å². The topological polar surface area (TPSA) is 3.24 Å². The van der Waals surface area contributed by atoms with Gasteiger partial charge in [-0.25, -0.2) is 0 Å². The predicted molar refractivity (Wildman–Crippen MR) is 131 cm³/mol. The lowest BCUT2D eigenvalue weighted by atomic mass is 9.84.